The molecular formula is C20H20N4O2. The molecule has 0 aliphatic carbocycles. The van der Waals surface area contributed by atoms with Gasteiger partial charge in [-0.05, 0) is 42.8 Å². The van der Waals surface area contributed by atoms with E-state index in [0.717, 1.165) is 23.9 Å². The summed E-state index contributed by atoms with van der Waals surface area (Å²) < 4.78 is 0. The molecule has 26 heavy (non-hydrogen) atoms. The molecule has 4 rings (SSSR count). The number of rotatable bonds is 4. The molecule has 0 radical (unpaired) electrons. The fourth-order valence-electron chi connectivity index (χ4n) is 3.60. The number of hydrogen-bond acceptors (Lipinski definition) is 3. The maximum Gasteiger partial charge on any atom is 0.265 e. The number of H-pyrrole nitrogens is 1. The molecule has 2 atom stereocenters. The van der Waals surface area contributed by atoms with Crippen LogP contribution in [0.2, 0.25) is 0 Å². The van der Waals surface area contributed by atoms with Crippen molar-refractivity contribution >= 4 is 28.4 Å². The average molecular weight is 348 g/mol. The maximum atomic E-state index is 12.8. The number of benzene rings is 2. The zero-order valence-electron chi connectivity index (χ0n) is 14.2. The van der Waals surface area contributed by atoms with Crippen molar-refractivity contribution in [2.75, 3.05) is 11.9 Å². The first-order chi connectivity index (χ1) is 12.6. The molecule has 1 aliphatic heterocycles. The number of primary amides is 1. The average Bonchev–Trinajstić information content (AvgIpc) is 3.29. The molecule has 0 saturated carbocycles. The quantitative estimate of drug-likeness (QED) is 0.582. The van der Waals surface area contributed by atoms with Crippen LogP contribution in [0.5, 0.6) is 0 Å². The van der Waals surface area contributed by atoms with Gasteiger partial charge in [0.25, 0.3) is 5.91 Å². The van der Waals surface area contributed by atoms with E-state index in [0.29, 0.717) is 11.4 Å². The second-order valence-corrected chi connectivity index (χ2v) is 6.58. The molecule has 1 unspecified atom stereocenters. The van der Waals surface area contributed by atoms with E-state index in [1.165, 1.54) is 5.56 Å². The van der Waals surface area contributed by atoms with Gasteiger partial charge < -0.3 is 21.4 Å². The van der Waals surface area contributed by atoms with E-state index in [1.54, 1.807) is 6.07 Å². The molecule has 2 amide bonds. The van der Waals surface area contributed by atoms with Crippen LogP contribution >= 0.6 is 0 Å². The highest BCUT2D eigenvalue weighted by Gasteiger charge is 2.33. The van der Waals surface area contributed by atoms with Crippen molar-refractivity contribution in [3.05, 3.63) is 65.9 Å². The molecular weight excluding hydrogens is 328 g/mol. The first-order valence-corrected chi connectivity index (χ1v) is 8.63. The van der Waals surface area contributed by atoms with Crippen LogP contribution in [-0.4, -0.2) is 29.4 Å². The highest BCUT2D eigenvalue weighted by molar-refractivity contribution is 6.00. The number of fused-ring (bicyclic) bond motifs is 1. The smallest absolute Gasteiger partial charge is 0.265 e. The molecule has 3 aromatic rings. The van der Waals surface area contributed by atoms with Crippen molar-refractivity contribution in [3.63, 3.8) is 0 Å². The molecule has 6 nitrogen and oxygen atoms in total. The maximum absolute atomic E-state index is 12.8. The van der Waals surface area contributed by atoms with E-state index in [9.17, 15) is 9.59 Å². The Morgan fingerprint density at radius 2 is 1.88 bits per heavy atom. The van der Waals surface area contributed by atoms with Gasteiger partial charge in [0.2, 0.25) is 5.91 Å². The second-order valence-electron chi connectivity index (χ2n) is 6.58. The van der Waals surface area contributed by atoms with Crippen molar-refractivity contribution in [2.24, 2.45) is 5.73 Å². The largest absolute Gasteiger partial charge is 0.364 e. The Kier molecular flexibility index (Phi) is 4.18. The van der Waals surface area contributed by atoms with Crippen molar-refractivity contribution in [1.82, 2.24) is 10.3 Å². The Morgan fingerprint density at radius 1 is 1.08 bits per heavy atom. The third-order valence-electron chi connectivity index (χ3n) is 4.89. The van der Waals surface area contributed by atoms with Crippen molar-refractivity contribution in [1.29, 1.82) is 0 Å². The van der Waals surface area contributed by atoms with E-state index in [4.69, 9.17) is 5.73 Å². The summed E-state index contributed by atoms with van der Waals surface area (Å²) in [6, 6.07) is 17.0. The summed E-state index contributed by atoms with van der Waals surface area (Å²) in [4.78, 5) is 27.0. The van der Waals surface area contributed by atoms with Gasteiger partial charge >= 0.3 is 0 Å². The third-order valence-corrected chi connectivity index (χ3v) is 4.89. The van der Waals surface area contributed by atoms with Gasteiger partial charge in [-0.15, -0.1) is 0 Å². The monoisotopic (exact) mass is 348 g/mol. The lowest BCUT2D eigenvalue weighted by Crippen LogP contribution is -2.39. The molecule has 5 N–H and O–H groups in total. The number of anilines is 1. The fourth-order valence-corrected chi connectivity index (χ4v) is 3.60. The van der Waals surface area contributed by atoms with Gasteiger partial charge in [-0.3, -0.25) is 9.59 Å². The van der Waals surface area contributed by atoms with E-state index in [2.05, 4.69) is 27.8 Å². The number of nitrogens with two attached hydrogens (primary N) is 1. The number of carbonyl (C=O) groups is 2. The first kappa shape index (κ1) is 16.4. The van der Waals surface area contributed by atoms with Crippen molar-refractivity contribution < 1.29 is 9.59 Å². The number of aromatic amines is 1. The number of carbonyl (C=O) groups excluding carboxylic acids is 2. The first-order valence-electron chi connectivity index (χ1n) is 8.63. The van der Waals surface area contributed by atoms with Crippen LogP contribution in [0.1, 0.15) is 28.4 Å². The van der Waals surface area contributed by atoms with E-state index in [1.807, 2.05) is 36.4 Å². The number of hydrogen-bond donors (Lipinski definition) is 4. The van der Waals surface area contributed by atoms with Crippen LogP contribution in [0.15, 0.2) is 54.6 Å². The highest BCUT2D eigenvalue weighted by Crippen LogP contribution is 2.29. The molecule has 0 bridgehead atoms. The topological polar surface area (TPSA) is 100 Å². The molecule has 2 heterocycles. The third kappa shape index (κ3) is 3.07. The van der Waals surface area contributed by atoms with Crippen molar-refractivity contribution in [2.45, 2.75) is 18.4 Å². The van der Waals surface area contributed by atoms with Gasteiger partial charge in [0, 0.05) is 22.5 Å². The number of aromatic nitrogens is 1. The molecule has 1 saturated heterocycles. The van der Waals surface area contributed by atoms with Gasteiger partial charge in [0.15, 0.2) is 0 Å². The standard InChI is InChI=1S/C20H20N4O2/c21-19(25)17-11-13-10-14(6-7-16(13)24-17)23-20(26)18-15(8-9-22-18)12-4-2-1-3-5-12/h1-7,10-11,15,18,22,24H,8-9H2,(H2,21,25)(H,23,26)/t15-,18?/m1/s1. The Hall–Kier alpha value is -3.12. The van der Waals surface area contributed by atoms with Gasteiger partial charge in [0.05, 0.1) is 6.04 Å². The Labute approximate surface area is 150 Å². The van der Waals surface area contributed by atoms with Crippen LogP contribution in [0.25, 0.3) is 10.9 Å². The minimum atomic E-state index is -0.507. The lowest BCUT2D eigenvalue weighted by Gasteiger charge is -2.19. The zero-order valence-corrected chi connectivity index (χ0v) is 14.2. The summed E-state index contributed by atoms with van der Waals surface area (Å²) in [5.41, 5.74) is 8.32. The zero-order chi connectivity index (χ0) is 18.1. The van der Waals surface area contributed by atoms with Gasteiger partial charge in [0.1, 0.15) is 5.69 Å². The molecule has 0 spiro atoms. The molecule has 2 aromatic carbocycles. The van der Waals surface area contributed by atoms with Crippen LogP contribution in [0.4, 0.5) is 5.69 Å². The molecule has 132 valence electrons. The van der Waals surface area contributed by atoms with Gasteiger partial charge in [-0.1, -0.05) is 30.3 Å². The van der Waals surface area contributed by atoms with E-state index < -0.39 is 5.91 Å². The lowest BCUT2D eigenvalue weighted by atomic mass is 9.91. The van der Waals surface area contributed by atoms with Gasteiger partial charge in [-0.2, -0.15) is 0 Å². The van der Waals surface area contributed by atoms with Crippen LogP contribution < -0.4 is 16.4 Å². The van der Waals surface area contributed by atoms with E-state index >= 15 is 0 Å². The molecule has 1 aromatic heterocycles. The van der Waals surface area contributed by atoms with Crippen LogP contribution in [0, 0.1) is 0 Å². The number of amides is 2. The second kappa shape index (κ2) is 6.65. The lowest BCUT2D eigenvalue weighted by molar-refractivity contribution is -0.118. The predicted molar refractivity (Wildman–Crippen MR) is 101 cm³/mol. The fraction of sp³-hybridized carbons (Fsp3) is 0.200. The van der Waals surface area contributed by atoms with Crippen LogP contribution in [0.3, 0.4) is 0 Å². The summed E-state index contributed by atoms with van der Waals surface area (Å²) in [5.74, 6) is -0.400. The normalized spacial score (nSPS) is 19.5. The minimum absolute atomic E-state index is 0.0543. The minimum Gasteiger partial charge on any atom is -0.364 e. The Bertz CT molecular complexity index is 964. The summed E-state index contributed by atoms with van der Waals surface area (Å²) >= 11 is 0. The number of nitrogens with one attached hydrogen (secondary N) is 3. The molecule has 1 aliphatic rings. The highest BCUT2D eigenvalue weighted by atomic mass is 16.2. The Morgan fingerprint density at radius 3 is 2.65 bits per heavy atom. The van der Waals surface area contributed by atoms with Gasteiger partial charge in [-0.25, -0.2) is 0 Å². The molecule has 6 heteroatoms. The van der Waals surface area contributed by atoms with Crippen molar-refractivity contribution in [3.8, 4) is 0 Å². The van der Waals surface area contributed by atoms with E-state index in [-0.39, 0.29) is 17.9 Å². The summed E-state index contributed by atoms with van der Waals surface area (Å²) in [5, 5.41) is 7.11. The van der Waals surface area contributed by atoms with Crippen LogP contribution in [-0.2, 0) is 4.79 Å². The Balaban J connectivity index is 1.54. The summed E-state index contributed by atoms with van der Waals surface area (Å²) in [6.07, 6.45) is 0.931. The molecule has 1 fully saturated rings. The summed E-state index contributed by atoms with van der Waals surface area (Å²) in [6.45, 7) is 0.816. The summed E-state index contributed by atoms with van der Waals surface area (Å²) in [7, 11) is 0. The predicted octanol–water partition coefficient (Wildman–Crippen LogP) is 2.35. The SMILES string of the molecule is NC(=O)c1cc2cc(NC(=O)C3NCC[C@@H]3c3ccccc3)ccc2[nH]1.